The number of nitrogens with one attached hydrogen (secondary N) is 1. The van der Waals surface area contributed by atoms with Gasteiger partial charge < -0.3 is 5.32 Å². The number of carbonyl (C=O) groups excluding carboxylic acids is 4. The number of amides is 6. The summed E-state index contributed by atoms with van der Waals surface area (Å²) < 4.78 is 0. The monoisotopic (exact) mass is 199 g/mol. The maximum atomic E-state index is 11.3. The number of carbonyl (C=O) groups is 4. The van der Waals surface area contributed by atoms with Crippen LogP contribution in [0.25, 0.3) is 0 Å². The SMILES string of the molecule is CCN1C(=O)C(=O)N(C(=O)NC)C1=O. The number of likely N-dealkylation sites (N-methyl/N-ethyl adjacent to an activating group) is 1. The van der Waals surface area contributed by atoms with Crippen molar-refractivity contribution in [3.8, 4) is 0 Å². The summed E-state index contributed by atoms with van der Waals surface area (Å²) in [6.45, 7) is 1.60. The van der Waals surface area contributed by atoms with Crippen molar-refractivity contribution in [2.75, 3.05) is 13.6 Å². The van der Waals surface area contributed by atoms with Gasteiger partial charge in [0.25, 0.3) is 0 Å². The smallest absolute Gasteiger partial charge is 0.340 e. The summed E-state index contributed by atoms with van der Waals surface area (Å²) in [5.41, 5.74) is 0. The Hall–Kier alpha value is -1.92. The molecule has 6 amide bonds. The number of hydrogen-bond donors (Lipinski definition) is 1. The highest BCUT2D eigenvalue weighted by Crippen LogP contribution is 2.11. The van der Waals surface area contributed by atoms with E-state index < -0.39 is 23.9 Å². The molecule has 1 aliphatic heterocycles. The van der Waals surface area contributed by atoms with E-state index in [1.807, 2.05) is 0 Å². The van der Waals surface area contributed by atoms with Crippen LogP contribution in [0.2, 0.25) is 0 Å². The minimum absolute atomic E-state index is 0.0664. The lowest BCUT2D eigenvalue weighted by atomic mass is 10.5. The Morgan fingerprint density at radius 3 is 2.21 bits per heavy atom. The topological polar surface area (TPSA) is 86.8 Å². The number of urea groups is 2. The molecule has 1 rings (SSSR count). The maximum Gasteiger partial charge on any atom is 0.342 e. The molecule has 0 atom stereocenters. The van der Waals surface area contributed by atoms with Crippen LogP contribution in [0.1, 0.15) is 6.92 Å². The summed E-state index contributed by atoms with van der Waals surface area (Å²) in [5.74, 6) is -2.09. The van der Waals surface area contributed by atoms with Gasteiger partial charge in [0.05, 0.1) is 0 Å². The molecule has 1 aliphatic rings. The lowest BCUT2D eigenvalue weighted by Gasteiger charge is -2.11. The molecule has 0 aromatic heterocycles. The molecule has 0 radical (unpaired) electrons. The molecule has 0 aromatic carbocycles. The van der Waals surface area contributed by atoms with Crippen LogP contribution in [-0.4, -0.2) is 47.3 Å². The summed E-state index contributed by atoms with van der Waals surface area (Å²) >= 11 is 0. The van der Waals surface area contributed by atoms with Gasteiger partial charge in [0.2, 0.25) is 0 Å². The Bertz CT molecular complexity index is 325. The van der Waals surface area contributed by atoms with Crippen LogP contribution in [0, 0.1) is 0 Å². The zero-order chi connectivity index (χ0) is 10.9. The molecule has 0 aromatic rings. The van der Waals surface area contributed by atoms with E-state index in [2.05, 4.69) is 5.32 Å². The Balaban J connectivity index is 3.01. The Morgan fingerprint density at radius 1 is 1.29 bits per heavy atom. The van der Waals surface area contributed by atoms with E-state index in [-0.39, 0.29) is 11.4 Å². The van der Waals surface area contributed by atoms with Crippen LogP contribution in [0.3, 0.4) is 0 Å². The van der Waals surface area contributed by atoms with Crippen molar-refractivity contribution >= 4 is 23.9 Å². The molecule has 1 heterocycles. The molecule has 7 nitrogen and oxygen atoms in total. The van der Waals surface area contributed by atoms with Crippen molar-refractivity contribution in [3.63, 3.8) is 0 Å². The molecular formula is C7H9N3O4. The lowest BCUT2D eigenvalue weighted by molar-refractivity contribution is -0.142. The van der Waals surface area contributed by atoms with Gasteiger partial charge in [-0.2, -0.15) is 4.90 Å². The van der Waals surface area contributed by atoms with E-state index in [0.29, 0.717) is 4.90 Å². The Kier molecular flexibility index (Phi) is 2.50. The molecule has 1 saturated heterocycles. The van der Waals surface area contributed by atoms with Gasteiger partial charge in [-0.25, -0.2) is 9.59 Å². The number of imide groups is 4. The standard InChI is InChI=1S/C7H9N3O4/c1-3-9-4(11)5(12)10(7(9)14)6(13)8-2/h3H2,1-2H3,(H,8,13). The zero-order valence-electron chi connectivity index (χ0n) is 7.73. The average molecular weight is 199 g/mol. The van der Waals surface area contributed by atoms with Crippen LogP contribution in [0.4, 0.5) is 9.59 Å². The fraction of sp³-hybridized carbons (Fsp3) is 0.429. The predicted octanol–water partition coefficient (Wildman–Crippen LogP) is -0.864. The van der Waals surface area contributed by atoms with Gasteiger partial charge in [-0.15, -0.1) is 0 Å². The molecule has 7 heteroatoms. The lowest BCUT2D eigenvalue weighted by Crippen LogP contribution is -2.43. The van der Waals surface area contributed by atoms with Gasteiger partial charge in [0, 0.05) is 13.6 Å². The second-order valence-electron chi connectivity index (χ2n) is 2.53. The first-order valence-corrected chi connectivity index (χ1v) is 3.96. The first-order valence-electron chi connectivity index (χ1n) is 3.96. The van der Waals surface area contributed by atoms with Crippen molar-refractivity contribution in [1.29, 1.82) is 0 Å². The molecule has 0 spiro atoms. The second kappa shape index (κ2) is 3.44. The van der Waals surface area contributed by atoms with Crippen LogP contribution in [-0.2, 0) is 9.59 Å². The molecule has 1 N–H and O–H groups in total. The van der Waals surface area contributed by atoms with E-state index in [4.69, 9.17) is 0 Å². The molecule has 1 fully saturated rings. The fourth-order valence-electron chi connectivity index (χ4n) is 1.08. The molecule has 76 valence electrons. The molecule has 0 saturated carbocycles. The molecule has 0 unspecified atom stereocenters. The summed E-state index contributed by atoms with van der Waals surface area (Å²) in [6, 6.07) is -1.80. The first-order chi connectivity index (χ1) is 6.54. The minimum atomic E-state index is -1.11. The van der Waals surface area contributed by atoms with Crippen LogP contribution < -0.4 is 5.32 Å². The normalized spacial score (nSPS) is 16.6. The van der Waals surface area contributed by atoms with Gasteiger partial charge in [0.15, 0.2) is 0 Å². The quantitative estimate of drug-likeness (QED) is 0.439. The molecule has 14 heavy (non-hydrogen) atoms. The third-order valence-corrected chi connectivity index (χ3v) is 1.79. The van der Waals surface area contributed by atoms with Gasteiger partial charge in [-0.05, 0) is 6.92 Å². The van der Waals surface area contributed by atoms with E-state index in [1.165, 1.54) is 14.0 Å². The summed E-state index contributed by atoms with van der Waals surface area (Å²) in [7, 11) is 1.27. The number of rotatable bonds is 1. The van der Waals surface area contributed by atoms with Gasteiger partial charge in [0.1, 0.15) is 0 Å². The Morgan fingerprint density at radius 2 is 1.86 bits per heavy atom. The first kappa shape index (κ1) is 10.2. The molecular weight excluding hydrogens is 190 g/mol. The van der Waals surface area contributed by atoms with Crippen molar-refractivity contribution < 1.29 is 19.2 Å². The van der Waals surface area contributed by atoms with E-state index in [9.17, 15) is 19.2 Å². The van der Waals surface area contributed by atoms with E-state index in [0.717, 1.165) is 0 Å². The highest BCUT2D eigenvalue weighted by Gasteiger charge is 2.46. The number of nitrogens with zero attached hydrogens (tertiary/aromatic N) is 2. The average Bonchev–Trinajstić information content (AvgIpc) is 2.38. The third-order valence-electron chi connectivity index (χ3n) is 1.79. The van der Waals surface area contributed by atoms with E-state index >= 15 is 0 Å². The minimum Gasteiger partial charge on any atom is -0.340 e. The maximum absolute atomic E-state index is 11.3. The van der Waals surface area contributed by atoms with Crippen LogP contribution in [0.5, 0.6) is 0 Å². The van der Waals surface area contributed by atoms with Crippen LogP contribution in [0.15, 0.2) is 0 Å². The third kappa shape index (κ3) is 1.22. The van der Waals surface area contributed by atoms with Crippen molar-refractivity contribution in [3.05, 3.63) is 0 Å². The van der Waals surface area contributed by atoms with Crippen LogP contribution >= 0.6 is 0 Å². The van der Waals surface area contributed by atoms with Crippen molar-refractivity contribution in [1.82, 2.24) is 15.1 Å². The highest BCUT2D eigenvalue weighted by atomic mass is 16.2. The van der Waals surface area contributed by atoms with Crippen molar-refractivity contribution in [2.24, 2.45) is 0 Å². The highest BCUT2D eigenvalue weighted by molar-refractivity contribution is 6.48. The fourth-order valence-corrected chi connectivity index (χ4v) is 1.08. The second-order valence-corrected chi connectivity index (χ2v) is 2.53. The summed E-state index contributed by atoms with van der Waals surface area (Å²) in [6.07, 6.45) is 0. The molecule has 0 bridgehead atoms. The summed E-state index contributed by atoms with van der Waals surface area (Å²) in [4.78, 5) is 45.6. The number of hydrogen-bond acceptors (Lipinski definition) is 4. The van der Waals surface area contributed by atoms with Gasteiger partial charge in [-0.1, -0.05) is 0 Å². The zero-order valence-corrected chi connectivity index (χ0v) is 7.73. The summed E-state index contributed by atoms with van der Waals surface area (Å²) in [5, 5.41) is 2.10. The molecule has 0 aliphatic carbocycles. The van der Waals surface area contributed by atoms with Crippen molar-refractivity contribution in [2.45, 2.75) is 6.92 Å². The Labute approximate surface area is 79.6 Å². The largest absolute Gasteiger partial charge is 0.342 e. The van der Waals surface area contributed by atoms with E-state index in [1.54, 1.807) is 0 Å². The van der Waals surface area contributed by atoms with Gasteiger partial charge in [-0.3, -0.25) is 14.5 Å². The predicted molar refractivity (Wildman–Crippen MR) is 44.1 cm³/mol. The van der Waals surface area contributed by atoms with Gasteiger partial charge >= 0.3 is 23.9 Å².